The lowest BCUT2D eigenvalue weighted by atomic mass is 10.1. The van der Waals surface area contributed by atoms with Crippen LogP contribution in [-0.4, -0.2) is 11.1 Å². The molecule has 1 aliphatic heterocycles. The van der Waals surface area contributed by atoms with Gasteiger partial charge in [0.15, 0.2) is 5.17 Å². The molecule has 4 nitrogen and oxygen atoms in total. The van der Waals surface area contributed by atoms with Crippen molar-refractivity contribution in [2.45, 2.75) is 6.61 Å². The lowest BCUT2D eigenvalue weighted by molar-refractivity contribution is -0.113. The van der Waals surface area contributed by atoms with Gasteiger partial charge >= 0.3 is 0 Å². The largest absolute Gasteiger partial charge is 0.487 e. The van der Waals surface area contributed by atoms with Crippen LogP contribution in [-0.2, 0) is 11.4 Å². The fourth-order valence-corrected chi connectivity index (χ4v) is 3.41. The molecule has 0 bridgehead atoms. The molecule has 8 heteroatoms. The summed E-state index contributed by atoms with van der Waals surface area (Å²) in [6.45, 7) is -0.0239. The molecule has 0 atom stereocenters. The van der Waals surface area contributed by atoms with Crippen molar-refractivity contribution < 1.29 is 13.9 Å². The molecule has 2 aromatic rings. The van der Waals surface area contributed by atoms with Crippen LogP contribution >= 0.6 is 35.0 Å². The molecule has 2 N–H and O–H groups in total. The molecular weight excluding hydrogens is 386 g/mol. The van der Waals surface area contributed by atoms with Gasteiger partial charge in [-0.15, -0.1) is 0 Å². The van der Waals surface area contributed by atoms with E-state index >= 15 is 0 Å². The summed E-state index contributed by atoms with van der Waals surface area (Å²) < 4.78 is 19.5. The van der Waals surface area contributed by atoms with Gasteiger partial charge in [0.1, 0.15) is 18.2 Å². The second kappa shape index (κ2) is 7.47. The maximum absolute atomic E-state index is 13.8. The monoisotopic (exact) mass is 396 g/mol. The number of amides is 1. The average molecular weight is 397 g/mol. The fraction of sp³-hybridized carbons (Fsp3) is 0.0588. The number of halogens is 3. The number of nitrogens with zero attached hydrogens (tertiary/aromatic N) is 1. The fourth-order valence-electron chi connectivity index (χ4n) is 2.17. The van der Waals surface area contributed by atoms with Gasteiger partial charge in [0.25, 0.3) is 5.91 Å². The highest BCUT2D eigenvalue weighted by molar-refractivity contribution is 8.18. The zero-order valence-corrected chi connectivity index (χ0v) is 15.0. The van der Waals surface area contributed by atoms with E-state index < -0.39 is 5.91 Å². The van der Waals surface area contributed by atoms with Crippen LogP contribution in [0.1, 0.15) is 11.1 Å². The second-order valence-electron chi connectivity index (χ2n) is 5.05. The van der Waals surface area contributed by atoms with Gasteiger partial charge in [-0.2, -0.15) is 4.99 Å². The van der Waals surface area contributed by atoms with Crippen LogP contribution in [0.25, 0.3) is 6.08 Å². The second-order valence-corrected chi connectivity index (χ2v) is 6.96. The Morgan fingerprint density at radius 1 is 1.28 bits per heavy atom. The van der Waals surface area contributed by atoms with Crippen LogP contribution in [0, 0.1) is 5.82 Å². The Labute approximate surface area is 157 Å². The first-order valence-electron chi connectivity index (χ1n) is 7.07. The number of ether oxygens (including phenoxy) is 1. The third-order valence-electron chi connectivity index (χ3n) is 3.29. The van der Waals surface area contributed by atoms with Crippen LogP contribution in [0.3, 0.4) is 0 Å². The number of rotatable bonds is 4. The molecule has 0 spiro atoms. The van der Waals surface area contributed by atoms with Gasteiger partial charge in [0.05, 0.1) is 9.93 Å². The summed E-state index contributed by atoms with van der Waals surface area (Å²) in [5.74, 6) is -0.533. The minimum absolute atomic E-state index is 0.0239. The van der Waals surface area contributed by atoms with Crippen LogP contribution in [0.5, 0.6) is 5.75 Å². The van der Waals surface area contributed by atoms with E-state index in [9.17, 15) is 9.18 Å². The number of thioether (sulfide) groups is 1. The van der Waals surface area contributed by atoms with E-state index in [-0.39, 0.29) is 22.6 Å². The highest BCUT2D eigenvalue weighted by Crippen LogP contribution is 2.36. The first-order valence-corrected chi connectivity index (χ1v) is 8.64. The number of hydrogen-bond donors (Lipinski definition) is 1. The average Bonchev–Trinajstić information content (AvgIpc) is 2.85. The van der Waals surface area contributed by atoms with Crippen LogP contribution < -0.4 is 10.5 Å². The van der Waals surface area contributed by atoms with Crippen LogP contribution in [0.15, 0.2) is 46.3 Å². The zero-order valence-electron chi connectivity index (χ0n) is 12.6. The summed E-state index contributed by atoms with van der Waals surface area (Å²) in [4.78, 5) is 15.7. The molecule has 1 aliphatic rings. The summed E-state index contributed by atoms with van der Waals surface area (Å²) >= 11 is 13.3. The van der Waals surface area contributed by atoms with Crippen molar-refractivity contribution in [3.8, 4) is 5.75 Å². The Kier molecular flexibility index (Phi) is 5.32. The molecule has 1 amide bonds. The molecule has 0 saturated heterocycles. The lowest BCUT2D eigenvalue weighted by Crippen LogP contribution is -2.01. The topological polar surface area (TPSA) is 64.7 Å². The molecule has 128 valence electrons. The maximum atomic E-state index is 13.8. The quantitative estimate of drug-likeness (QED) is 0.764. The SMILES string of the molecule is NC1=NC(=O)/C(=C\c2cc(Cl)cc(Cl)c2OCc2ccccc2F)S1. The number of carbonyl (C=O) groups excluding carboxylic acids is 1. The number of carbonyl (C=O) groups is 1. The number of nitrogens with two attached hydrogens (primary N) is 1. The molecule has 0 unspecified atom stereocenters. The molecular formula is C17H11Cl2FN2O2S. The molecule has 2 aromatic carbocycles. The van der Waals surface area contributed by atoms with E-state index in [4.69, 9.17) is 33.7 Å². The normalized spacial score (nSPS) is 15.6. The first kappa shape index (κ1) is 17.8. The van der Waals surface area contributed by atoms with E-state index in [1.54, 1.807) is 30.3 Å². The van der Waals surface area contributed by atoms with E-state index in [2.05, 4.69) is 4.99 Å². The Bertz CT molecular complexity index is 916. The van der Waals surface area contributed by atoms with Crippen molar-refractivity contribution >= 4 is 52.1 Å². The Morgan fingerprint density at radius 2 is 2.04 bits per heavy atom. The van der Waals surface area contributed by atoms with Gasteiger partial charge in [-0.25, -0.2) is 4.39 Å². The molecule has 0 aromatic heterocycles. The summed E-state index contributed by atoms with van der Waals surface area (Å²) in [5.41, 5.74) is 6.41. The molecule has 0 aliphatic carbocycles. The molecule has 1 heterocycles. The number of benzene rings is 2. The summed E-state index contributed by atoms with van der Waals surface area (Å²) in [6, 6.07) is 9.37. The van der Waals surface area contributed by atoms with Gasteiger partial charge in [0.2, 0.25) is 0 Å². The van der Waals surface area contributed by atoms with Gasteiger partial charge in [-0.05, 0) is 36.0 Å². The summed E-state index contributed by atoms with van der Waals surface area (Å²) in [5, 5.41) is 0.789. The summed E-state index contributed by atoms with van der Waals surface area (Å²) in [6.07, 6.45) is 1.55. The molecule has 0 fully saturated rings. The predicted molar refractivity (Wildman–Crippen MR) is 99.4 cm³/mol. The van der Waals surface area contributed by atoms with Crippen LogP contribution in [0.2, 0.25) is 10.0 Å². The summed E-state index contributed by atoms with van der Waals surface area (Å²) in [7, 11) is 0. The number of amidine groups is 1. The van der Waals surface area contributed by atoms with Crippen molar-refractivity contribution in [1.82, 2.24) is 0 Å². The van der Waals surface area contributed by atoms with Gasteiger partial charge in [-0.1, -0.05) is 41.4 Å². The Hall–Kier alpha value is -2.02. The Morgan fingerprint density at radius 3 is 2.72 bits per heavy atom. The highest BCUT2D eigenvalue weighted by atomic mass is 35.5. The van der Waals surface area contributed by atoms with Gasteiger partial charge in [-0.3, -0.25) is 4.79 Å². The number of aliphatic imine (C=N–C) groups is 1. The van der Waals surface area contributed by atoms with E-state index in [0.29, 0.717) is 26.8 Å². The third kappa shape index (κ3) is 4.15. The van der Waals surface area contributed by atoms with Gasteiger partial charge < -0.3 is 10.5 Å². The maximum Gasteiger partial charge on any atom is 0.286 e. The van der Waals surface area contributed by atoms with Crippen molar-refractivity contribution in [2.75, 3.05) is 0 Å². The van der Waals surface area contributed by atoms with Gasteiger partial charge in [0, 0.05) is 16.1 Å². The predicted octanol–water partition coefficient (Wildman–Crippen LogP) is 4.64. The van der Waals surface area contributed by atoms with Crippen molar-refractivity contribution in [3.05, 3.63) is 68.3 Å². The van der Waals surface area contributed by atoms with Crippen molar-refractivity contribution in [2.24, 2.45) is 10.7 Å². The smallest absolute Gasteiger partial charge is 0.286 e. The standard InChI is InChI=1S/C17H11Cl2FN2O2S/c18-11-5-10(6-14-16(23)22-17(21)25-14)15(12(19)7-11)24-8-9-3-1-2-4-13(9)20/h1-7H,8H2,(H2,21,22,23)/b14-6+. The molecule has 0 radical (unpaired) electrons. The molecule has 0 saturated carbocycles. The first-order chi connectivity index (χ1) is 11.9. The Balaban J connectivity index is 1.92. The molecule has 25 heavy (non-hydrogen) atoms. The van der Waals surface area contributed by atoms with Crippen LogP contribution in [0.4, 0.5) is 4.39 Å². The third-order valence-corrected chi connectivity index (χ3v) is 4.60. The number of hydrogen-bond acceptors (Lipinski definition) is 4. The minimum Gasteiger partial charge on any atom is -0.487 e. The minimum atomic E-state index is -0.446. The van der Waals surface area contributed by atoms with E-state index in [1.807, 2.05) is 0 Å². The van der Waals surface area contributed by atoms with E-state index in [1.165, 1.54) is 12.1 Å². The van der Waals surface area contributed by atoms with E-state index in [0.717, 1.165) is 11.8 Å². The molecule has 3 rings (SSSR count). The lowest BCUT2D eigenvalue weighted by Gasteiger charge is -2.13. The zero-order chi connectivity index (χ0) is 18.0. The van der Waals surface area contributed by atoms with Crippen molar-refractivity contribution in [3.63, 3.8) is 0 Å². The highest BCUT2D eigenvalue weighted by Gasteiger charge is 2.21. The van der Waals surface area contributed by atoms with Crippen molar-refractivity contribution in [1.29, 1.82) is 0 Å².